The predicted molar refractivity (Wildman–Crippen MR) is 103 cm³/mol. The van der Waals surface area contributed by atoms with Gasteiger partial charge in [-0.15, -0.1) is 0 Å². The van der Waals surface area contributed by atoms with Gasteiger partial charge in [0.15, 0.2) is 0 Å². The summed E-state index contributed by atoms with van der Waals surface area (Å²) in [7, 11) is 0. The molecule has 2 aromatic rings. The second-order valence-corrected chi connectivity index (χ2v) is 6.73. The molecular formula is C20H22ClN3O2. The van der Waals surface area contributed by atoms with Crippen LogP contribution in [0.15, 0.2) is 54.6 Å². The molecule has 3 rings (SSSR count). The van der Waals surface area contributed by atoms with Gasteiger partial charge in [0, 0.05) is 43.3 Å². The molecule has 1 N–H and O–H groups in total. The summed E-state index contributed by atoms with van der Waals surface area (Å²) in [6.45, 7) is 2.22. The minimum absolute atomic E-state index is 0.119. The summed E-state index contributed by atoms with van der Waals surface area (Å²) < 4.78 is 0. The zero-order valence-corrected chi connectivity index (χ0v) is 15.3. The van der Waals surface area contributed by atoms with E-state index in [0.29, 0.717) is 44.0 Å². The second kappa shape index (κ2) is 8.72. The van der Waals surface area contributed by atoms with Gasteiger partial charge in [-0.3, -0.25) is 4.79 Å². The minimum Gasteiger partial charge on any atom is -0.339 e. The normalized spacial score (nSPS) is 14.2. The van der Waals surface area contributed by atoms with Gasteiger partial charge in [0.25, 0.3) is 0 Å². The number of carbonyl (C=O) groups is 2. The number of halogens is 1. The molecule has 1 aliphatic rings. The Morgan fingerprint density at radius 2 is 1.62 bits per heavy atom. The number of nitrogens with zero attached hydrogens (tertiary/aromatic N) is 2. The maximum Gasteiger partial charge on any atom is 0.321 e. The molecule has 136 valence electrons. The van der Waals surface area contributed by atoms with Crippen LogP contribution in [0.4, 0.5) is 10.5 Å². The molecular weight excluding hydrogens is 350 g/mol. The number of aryl methyl sites for hydroxylation is 1. The number of amides is 3. The molecule has 1 saturated heterocycles. The molecule has 3 amide bonds. The SMILES string of the molecule is O=C(CCc1cccc(Cl)c1)N1CCN(C(=O)Nc2ccccc2)CC1. The van der Waals surface area contributed by atoms with E-state index in [4.69, 9.17) is 11.6 Å². The summed E-state index contributed by atoms with van der Waals surface area (Å²) in [5.74, 6) is 0.119. The van der Waals surface area contributed by atoms with Crippen molar-refractivity contribution in [3.63, 3.8) is 0 Å². The van der Waals surface area contributed by atoms with Crippen LogP contribution in [0.1, 0.15) is 12.0 Å². The fourth-order valence-electron chi connectivity index (χ4n) is 2.98. The number of rotatable bonds is 4. The van der Waals surface area contributed by atoms with Crippen molar-refractivity contribution in [2.75, 3.05) is 31.5 Å². The van der Waals surface area contributed by atoms with Crippen LogP contribution >= 0.6 is 11.6 Å². The zero-order valence-electron chi connectivity index (χ0n) is 14.5. The topological polar surface area (TPSA) is 52.7 Å². The number of hydrogen-bond donors (Lipinski definition) is 1. The fraction of sp³-hybridized carbons (Fsp3) is 0.300. The Bertz CT molecular complexity index is 759. The zero-order chi connectivity index (χ0) is 18.4. The number of carbonyl (C=O) groups excluding carboxylic acids is 2. The monoisotopic (exact) mass is 371 g/mol. The third-order valence-electron chi connectivity index (χ3n) is 4.46. The van der Waals surface area contributed by atoms with Gasteiger partial charge in [0.2, 0.25) is 5.91 Å². The summed E-state index contributed by atoms with van der Waals surface area (Å²) in [4.78, 5) is 28.3. The van der Waals surface area contributed by atoms with Crippen molar-refractivity contribution in [3.05, 3.63) is 65.2 Å². The molecule has 6 heteroatoms. The average Bonchev–Trinajstić information content (AvgIpc) is 2.67. The third-order valence-corrected chi connectivity index (χ3v) is 4.70. The number of para-hydroxylation sites is 1. The Morgan fingerprint density at radius 1 is 0.923 bits per heavy atom. The molecule has 1 fully saturated rings. The van der Waals surface area contributed by atoms with Crippen LogP contribution in [-0.4, -0.2) is 47.9 Å². The highest BCUT2D eigenvalue weighted by Crippen LogP contribution is 2.14. The van der Waals surface area contributed by atoms with Gasteiger partial charge in [-0.25, -0.2) is 4.79 Å². The maximum absolute atomic E-state index is 12.4. The minimum atomic E-state index is -0.123. The van der Waals surface area contributed by atoms with Crippen LogP contribution < -0.4 is 5.32 Å². The highest BCUT2D eigenvalue weighted by Gasteiger charge is 2.23. The lowest BCUT2D eigenvalue weighted by Crippen LogP contribution is -2.51. The van der Waals surface area contributed by atoms with E-state index in [1.807, 2.05) is 59.5 Å². The first kappa shape index (κ1) is 18.3. The van der Waals surface area contributed by atoms with Crippen LogP contribution in [0.3, 0.4) is 0 Å². The van der Waals surface area contributed by atoms with E-state index in [-0.39, 0.29) is 11.9 Å². The van der Waals surface area contributed by atoms with Gasteiger partial charge in [-0.1, -0.05) is 41.9 Å². The lowest BCUT2D eigenvalue weighted by Gasteiger charge is -2.34. The summed E-state index contributed by atoms with van der Waals surface area (Å²) in [5.41, 5.74) is 1.84. The quantitative estimate of drug-likeness (QED) is 0.891. The molecule has 1 heterocycles. The van der Waals surface area contributed by atoms with E-state index in [1.54, 1.807) is 4.90 Å². The Morgan fingerprint density at radius 3 is 2.31 bits per heavy atom. The van der Waals surface area contributed by atoms with Crippen LogP contribution in [-0.2, 0) is 11.2 Å². The largest absolute Gasteiger partial charge is 0.339 e. The summed E-state index contributed by atoms with van der Waals surface area (Å²) in [6.07, 6.45) is 1.13. The number of urea groups is 1. The van der Waals surface area contributed by atoms with Gasteiger partial charge >= 0.3 is 6.03 Å². The molecule has 5 nitrogen and oxygen atoms in total. The van der Waals surface area contributed by atoms with E-state index in [2.05, 4.69) is 5.32 Å². The van der Waals surface area contributed by atoms with E-state index in [9.17, 15) is 9.59 Å². The molecule has 0 aliphatic carbocycles. The van der Waals surface area contributed by atoms with Gasteiger partial charge in [0.1, 0.15) is 0 Å². The number of anilines is 1. The first-order valence-electron chi connectivity index (χ1n) is 8.75. The van der Waals surface area contributed by atoms with E-state index >= 15 is 0 Å². The molecule has 1 aliphatic heterocycles. The van der Waals surface area contributed by atoms with Crippen molar-refractivity contribution in [1.29, 1.82) is 0 Å². The Balaban J connectivity index is 1.44. The number of hydrogen-bond acceptors (Lipinski definition) is 2. The second-order valence-electron chi connectivity index (χ2n) is 6.29. The fourth-order valence-corrected chi connectivity index (χ4v) is 3.20. The smallest absolute Gasteiger partial charge is 0.321 e. The maximum atomic E-state index is 12.4. The predicted octanol–water partition coefficient (Wildman–Crippen LogP) is 3.65. The molecule has 26 heavy (non-hydrogen) atoms. The molecule has 0 spiro atoms. The molecule has 0 atom stereocenters. The summed E-state index contributed by atoms with van der Waals surface area (Å²) >= 11 is 5.97. The standard InChI is InChI=1S/C20H22ClN3O2/c21-17-6-4-5-16(15-17)9-10-19(25)23-11-13-24(14-12-23)20(26)22-18-7-2-1-3-8-18/h1-8,15H,9-14H2,(H,22,26). The van der Waals surface area contributed by atoms with Crippen LogP contribution in [0.2, 0.25) is 5.02 Å². The van der Waals surface area contributed by atoms with Gasteiger partial charge < -0.3 is 15.1 Å². The van der Waals surface area contributed by atoms with Crippen molar-refractivity contribution in [2.45, 2.75) is 12.8 Å². The lowest BCUT2D eigenvalue weighted by molar-refractivity contribution is -0.132. The van der Waals surface area contributed by atoms with E-state index in [0.717, 1.165) is 11.3 Å². The van der Waals surface area contributed by atoms with E-state index < -0.39 is 0 Å². The molecule has 0 radical (unpaired) electrons. The summed E-state index contributed by atoms with van der Waals surface area (Å²) in [6, 6.07) is 16.8. The average molecular weight is 372 g/mol. The number of nitrogens with one attached hydrogen (secondary N) is 1. The van der Waals surface area contributed by atoms with Crippen molar-refractivity contribution in [2.24, 2.45) is 0 Å². The van der Waals surface area contributed by atoms with Crippen molar-refractivity contribution in [3.8, 4) is 0 Å². The molecule has 0 unspecified atom stereocenters. The Labute approximate surface area is 158 Å². The Kier molecular flexibility index (Phi) is 6.12. The van der Waals surface area contributed by atoms with E-state index in [1.165, 1.54) is 0 Å². The van der Waals surface area contributed by atoms with Crippen LogP contribution in [0.25, 0.3) is 0 Å². The first-order chi connectivity index (χ1) is 12.6. The summed E-state index contributed by atoms with van der Waals surface area (Å²) in [5, 5.41) is 3.57. The Hall–Kier alpha value is -2.53. The molecule has 0 saturated carbocycles. The van der Waals surface area contributed by atoms with Crippen molar-refractivity contribution < 1.29 is 9.59 Å². The number of piperazine rings is 1. The highest BCUT2D eigenvalue weighted by atomic mass is 35.5. The third kappa shape index (κ3) is 4.99. The molecule has 0 bridgehead atoms. The lowest BCUT2D eigenvalue weighted by atomic mass is 10.1. The van der Waals surface area contributed by atoms with Gasteiger partial charge in [-0.2, -0.15) is 0 Å². The van der Waals surface area contributed by atoms with Crippen molar-refractivity contribution in [1.82, 2.24) is 9.80 Å². The van der Waals surface area contributed by atoms with Gasteiger partial charge in [-0.05, 0) is 36.2 Å². The highest BCUT2D eigenvalue weighted by molar-refractivity contribution is 6.30. The molecule has 0 aromatic heterocycles. The first-order valence-corrected chi connectivity index (χ1v) is 9.13. The van der Waals surface area contributed by atoms with Crippen molar-refractivity contribution >= 4 is 29.2 Å². The van der Waals surface area contributed by atoms with Crippen LogP contribution in [0.5, 0.6) is 0 Å². The van der Waals surface area contributed by atoms with Gasteiger partial charge in [0.05, 0.1) is 0 Å². The molecule has 2 aromatic carbocycles. The van der Waals surface area contributed by atoms with Crippen LogP contribution in [0, 0.1) is 0 Å². The number of benzene rings is 2.